The number of carbonyl (C=O) groups is 2. The molecule has 0 radical (unpaired) electrons. The Morgan fingerprint density at radius 3 is 2.57 bits per heavy atom. The Hall–Kier alpha value is -3.54. The average molecular weight is 407 g/mol. The topological polar surface area (TPSA) is 76.1 Å². The number of phenolic OH excluding ortho intramolecular Hbond substituents is 1. The third-order valence-electron chi connectivity index (χ3n) is 4.96. The number of methoxy groups -OCH3 is 1. The lowest BCUT2D eigenvalue weighted by molar-refractivity contribution is -0.136. The Bertz CT molecular complexity index is 1010. The summed E-state index contributed by atoms with van der Waals surface area (Å²) >= 11 is 0. The highest BCUT2D eigenvalue weighted by Gasteiger charge is 2.36. The van der Waals surface area contributed by atoms with E-state index in [1.54, 1.807) is 30.0 Å². The van der Waals surface area contributed by atoms with Gasteiger partial charge in [0.1, 0.15) is 0 Å². The normalized spacial score (nSPS) is 15.1. The molecular weight excluding hydrogens is 382 g/mol. The van der Waals surface area contributed by atoms with Gasteiger partial charge in [-0.2, -0.15) is 0 Å². The number of hydrogen-bond donors (Lipinski definition) is 1. The number of hydrogen-bond acceptors (Lipinski definition) is 5. The highest BCUT2D eigenvalue weighted by molar-refractivity contribution is 6.16. The standard InChI is InChI=1S/C24H25NO5/c1-4-30-21-15-18(10-11-20(21)26)14-19-22(24(28)29-3)16(2)25(23(19)27)13-12-17-8-6-5-7-9-17/h5-11,14-15,26H,4,12-13H2,1-3H3/b19-14-. The van der Waals surface area contributed by atoms with Crippen LogP contribution in [0.4, 0.5) is 0 Å². The summed E-state index contributed by atoms with van der Waals surface area (Å²) in [5.74, 6) is -0.479. The van der Waals surface area contributed by atoms with Crippen molar-refractivity contribution in [3.05, 3.63) is 76.5 Å². The zero-order chi connectivity index (χ0) is 21.7. The second-order valence-electron chi connectivity index (χ2n) is 6.86. The molecule has 0 fully saturated rings. The van der Waals surface area contributed by atoms with E-state index in [4.69, 9.17) is 9.47 Å². The van der Waals surface area contributed by atoms with E-state index in [1.165, 1.54) is 13.2 Å². The van der Waals surface area contributed by atoms with Gasteiger partial charge in [0, 0.05) is 12.2 Å². The molecule has 2 aromatic rings. The Labute approximate surface area is 176 Å². The number of allylic oxidation sites excluding steroid dienone is 1. The minimum atomic E-state index is -0.557. The molecular formula is C24H25NO5. The molecule has 1 amide bonds. The minimum absolute atomic E-state index is 0.0150. The van der Waals surface area contributed by atoms with Crippen LogP contribution in [0.3, 0.4) is 0 Å². The van der Waals surface area contributed by atoms with Gasteiger partial charge in [0.25, 0.3) is 5.91 Å². The van der Waals surface area contributed by atoms with Crippen LogP contribution in [0.2, 0.25) is 0 Å². The van der Waals surface area contributed by atoms with Crippen LogP contribution in [0.5, 0.6) is 11.5 Å². The van der Waals surface area contributed by atoms with Crippen molar-refractivity contribution in [2.24, 2.45) is 0 Å². The Kier molecular flexibility index (Phi) is 6.57. The van der Waals surface area contributed by atoms with Gasteiger partial charge < -0.3 is 19.5 Å². The minimum Gasteiger partial charge on any atom is -0.504 e. The summed E-state index contributed by atoms with van der Waals surface area (Å²) in [6.45, 7) is 4.41. The second kappa shape index (κ2) is 9.31. The highest BCUT2D eigenvalue weighted by atomic mass is 16.5. The molecule has 0 spiro atoms. The zero-order valence-corrected chi connectivity index (χ0v) is 17.3. The van der Waals surface area contributed by atoms with Crippen molar-refractivity contribution in [1.82, 2.24) is 4.90 Å². The van der Waals surface area contributed by atoms with Gasteiger partial charge in [-0.15, -0.1) is 0 Å². The molecule has 3 rings (SSSR count). The van der Waals surface area contributed by atoms with Crippen molar-refractivity contribution in [2.45, 2.75) is 20.3 Å². The van der Waals surface area contributed by atoms with Crippen molar-refractivity contribution < 1.29 is 24.2 Å². The third-order valence-corrected chi connectivity index (χ3v) is 4.96. The van der Waals surface area contributed by atoms with Gasteiger partial charge in [0.05, 0.1) is 24.9 Å². The van der Waals surface area contributed by atoms with Gasteiger partial charge in [-0.1, -0.05) is 36.4 Å². The van der Waals surface area contributed by atoms with E-state index in [1.807, 2.05) is 37.3 Å². The van der Waals surface area contributed by atoms with E-state index >= 15 is 0 Å². The van der Waals surface area contributed by atoms with Gasteiger partial charge in [-0.3, -0.25) is 4.79 Å². The van der Waals surface area contributed by atoms with Gasteiger partial charge in [-0.05, 0) is 49.6 Å². The van der Waals surface area contributed by atoms with Crippen molar-refractivity contribution in [3.8, 4) is 11.5 Å². The number of ether oxygens (including phenoxy) is 2. The van der Waals surface area contributed by atoms with Gasteiger partial charge >= 0.3 is 5.97 Å². The van der Waals surface area contributed by atoms with Crippen LogP contribution in [0.25, 0.3) is 6.08 Å². The lowest BCUT2D eigenvalue weighted by Crippen LogP contribution is -2.27. The SMILES string of the molecule is CCOc1cc(/C=C2\C(=O)N(CCc3ccccc3)C(C)=C2C(=O)OC)ccc1O. The van der Waals surface area contributed by atoms with E-state index in [-0.39, 0.29) is 22.8 Å². The molecule has 1 aliphatic heterocycles. The quantitative estimate of drug-likeness (QED) is 0.559. The maximum absolute atomic E-state index is 13.2. The third kappa shape index (κ3) is 4.38. The van der Waals surface area contributed by atoms with E-state index in [0.29, 0.717) is 36.6 Å². The van der Waals surface area contributed by atoms with E-state index in [2.05, 4.69) is 0 Å². The molecule has 1 N–H and O–H groups in total. The summed E-state index contributed by atoms with van der Waals surface area (Å²) in [5, 5.41) is 9.92. The first-order valence-electron chi connectivity index (χ1n) is 9.79. The molecule has 0 saturated heterocycles. The summed E-state index contributed by atoms with van der Waals surface area (Å²) < 4.78 is 10.3. The summed E-state index contributed by atoms with van der Waals surface area (Å²) in [5.41, 5.74) is 2.83. The number of benzene rings is 2. The molecule has 0 aromatic heterocycles. The molecule has 1 heterocycles. The predicted molar refractivity (Wildman–Crippen MR) is 114 cm³/mol. The number of rotatable bonds is 7. The molecule has 0 saturated carbocycles. The Balaban J connectivity index is 1.95. The number of aromatic hydroxyl groups is 1. The molecule has 6 nitrogen and oxygen atoms in total. The maximum atomic E-state index is 13.2. The molecule has 0 bridgehead atoms. The van der Waals surface area contributed by atoms with Crippen molar-refractivity contribution in [3.63, 3.8) is 0 Å². The van der Waals surface area contributed by atoms with Crippen molar-refractivity contribution in [1.29, 1.82) is 0 Å². The molecule has 2 aromatic carbocycles. The van der Waals surface area contributed by atoms with Crippen molar-refractivity contribution >= 4 is 18.0 Å². The van der Waals surface area contributed by atoms with E-state index < -0.39 is 5.97 Å². The van der Waals surface area contributed by atoms with E-state index in [9.17, 15) is 14.7 Å². The molecule has 0 unspecified atom stereocenters. The van der Waals surface area contributed by atoms with Gasteiger partial charge in [-0.25, -0.2) is 4.79 Å². The maximum Gasteiger partial charge on any atom is 0.340 e. The first kappa shape index (κ1) is 21.2. The van der Waals surface area contributed by atoms with Gasteiger partial charge in [0.15, 0.2) is 11.5 Å². The van der Waals surface area contributed by atoms with Crippen LogP contribution in [0.15, 0.2) is 65.4 Å². The first-order valence-corrected chi connectivity index (χ1v) is 9.79. The summed E-state index contributed by atoms with van der Waals surface area (Å²) in [6, 6.07) is 14.7. The number of esters is 1. The van der Waals surface area contributed by atoms with Crippen LogP contribution in [-0.4, -0.2) is 42.1 Å². The molecule has 6 heteroatoms. The number of nitrogens with zero attached hydrogens (tertiary/aromatic N) is 1. The number of phenols is 1. The Morgan fingerprint density at radius 1 is 1.17 bits per heavy atom. The van der Waals surface area contributed by atoms with Crippen LogP contribution in [-0.2, 0) is 20.7 Å². The smallest absolute Gasteiger partial charge is 0.340 e. The van der Waals surface area contributed by atoms with Crippen LogP contribution in [0, 0.1) is 0 Å². The lowest BCUT2D eigenvalue weighted by atomic mass is 10.0. The highest BCUT2D eigenvalue weighted by Crippen LogP contribution is 2.33. The lowest BCUT2D eigenvalue weighted by Gasteiger charge is -2.17. The largest absolute Gasteiger partial charge is 0.504 e. The van der Waals surface area contributed by atoms with Gasteiger partial charge in [0.2, 0.25) is 0 Å². The summed E-state index contributed by atoms with van der Waals surface area (Å²) in [7, 11) is 1.30. The average Bonchev–Trinajstić information content (AvgIpc) is 2.98. The molecule has 0 aliphatic carbocycles. The monoisotopic (exact) mass is 407 g/mol. The van der Waals surface area contributed by atoms with Crippen molar-refractivity contribution in [2.75, 3.05) is 20.3 Å². The second-order valence-corrected chi connectivity index (χ2v) is 6.86. The fraction of sp³-hybridized carbons (Fsp3) is 0.250. The fourth-order valence-electron chi connectivity index (χ4n) is 3.44. The fourth-order valence-corrected chi connectivity index (χ4v) is 3.44. The molecule has 0 atom stereocenters. The summed E-state index contributed by atoms with van der Waals surface area (Å²) in [6.07, 6.45) is 2.29. The Morgan fingerprint density at radius 2 is 1.90 bits per heavy atom. The van der Waals surface area contributed by atoms with Crippen LogP contribution >= 0.6 is 0 Å². The van der Waals surface area contributed by atoms with Crippen LogP contribution < -0.4 is 4.74 Å². The molecule has 1 aliphatic rings. The predicted octanol–water partition coefficient (Wildman–Crippen LogP) is 3.71. The molecule has 156 valence electrons. The first-order chi connectivity index (χ1) is 14.5. The number of carbonyl (C=O) groups excluding carboxylic acids is 2. The van der Waals surface area contributed by atoms with E-state index in [0.717, 1.165) is 5.56 Å². The van der Waals surface area contributed by atoms with Crippen LogP contribution in [0.1, 0.15) is 25.0 Å². The summed E-state index contributed by atoms with van der Waals surface area (Å²) in [4.78, 5) is 27.2. The zero-order valence-electron chi connectivity index (χ0n) is 17.3. The molecule has 30 heavy (non-hydrogen) atoms. The number of amides is 1.